The maximum atomic E-state index is 5.85. The zero-order valence-corrected chi connectivity index (χ0v) is 14.5. The van der Waals surface area contributed by atoms with E-state index >= 15 is 0 Å². The van der Waals surface area contributed by atoms with Crippen LogP contribution in [0.2, 0.25) is 0 Å². The zero-order valence-electron chi connectivity index (χ0n) is 14.5. The molecule has 0 saturated heterocycles. The second-order valence-corrected chi connectivity index (χ2v) is 4.47. The third-order valence-corrected chi connectivity index (χ3v) is 3.28. The maximum absolute atomic E-state index is 5.85. The first-order valence-corrected chi connectivity index (χ1v) is 7.84. The SMILES string of the molecule is CC.CC.COc1ccc2c(c1)c[n+](C)c1cc(N)ccc21. The lowest BCUT2D eigenvalue weighted by atomic mass is 10.1. The van der Waals surface area contributed by atoms with Gasteiger partial charge in [0.1, 0.15) is 12.8 Å². The van der Waals surface area contributed by atoms with Crippen LogP contribution in [0.5, 0.6) is 5.75 Å². The van der Waals surface area contributed by atoms with E-state index < -0.39 is 0 Å². The van der Waals surface area contributed by atoms with Gasteiger partial charge in [-0.2, -0.15) is 0 Å². The van der Waals surface area contributed by atoms with E-state index in [-0.39, 0.29) is 0 Å². The molecule has 3 nitrogen and oxygen atoms in total. The molecule has 0 unspecified atom stereocenters. The number of methoxy groups -OCH3 is 1. The van der Waals surface area contributed by atoms with Crippen LogP contribution < -0.4 is 15.0 Å². The van der Waals surface area contributed by atoms with Crippen molar-refractivity contribution >= 4 is 27.4 Å². The summed E-state index contributed by atoms with van der Waals surface area (Å²) < 4.78 is 7.35. The lowest BCUT2D eigenvalue weighted by Crippen LogP contribution is -2.28. The summed E-state index contributed by atoms with van der Waals surface area (Å²) in [5.41, 5.74) is 7.76. The molecule has 0 atom stereocenters. The molecule has 0 fully saturated rings. The number of aryl methyl sites for hydroxylation is 1. The van der Waals surface area contributed by atoms with Gasteiger partial charge in [-0.1, -0.05) is 27.7 Å². The van der Waals surface area contributed by atoms with Gasteiger partial charge >= 0.3 is 0 Å². The summed E-state index contributed by atoms with van der Waals surface area (Å²) >= 11 is 0. The summed E-state index contributed by atoms with van der Waals surface area (Å²) in [4.78, 5) is 0. The first-order valence-electron chi connectivity index (χ1n) is 7.84. The second-order valence-electron chi connectivity index (χ2n) is 4.47. The van der Waals surface area contributed by atoms with Crippen molar-refractivity contribution < 1.29 is 9.30 Å². The Morgan fingerprint density at radius 2 is 1.55 bits per heavy atom. The van der Waals surface area contributed by atoms with Crippen LogP contribution in [-0.2, 0) is 7.05 Å². The summed E-state index contributed by atoms with van der Waals surface area (Å²) in [7, 11) is 3.71. The number of benzene rings is 2. The van der Waals surface area contributed by atoms with E-state index in [0.29, 0.717) is 0 Å². The van der Waals surface area contributed by atoms with E-state index in [4.69, 9.17) is 10.5 Å². The van der Waals surface area contributed by atoms with Gasteiger partial charge in [-0.15, -0.1) is 0 Å². The molecule has 0 bridgehead atoms. The monoisotopic (exact) mass is 299 g/mol. The minimum atomic E-state index is 0.783. The summed E-state index contributed by atoms with van der Waals surface area (Å²) in [6.07, 6.45) is 2.10. The van der Waals surface area contributed by atoms with E-state index in [9.17, 15) is 0 Å². The van der Waals surface area contributed by atoms with Crippen LogP contribution in [0.25, 0.3) is 21.7 Å². The van der Waals surface area contributed by atoms with Gasteiger partial charge in [0.15, 0.2) is 6.20 Å². The molecule has 0 aliphatic heterocycles. The Morgan fingerprint density at radius 1 is 0.909 bits per heavy atom. The van der Waals surface area contributed by atoms with Gasteiger partial charge < -0.3 is 10.5 Å². The van der Waals surface area contributed by atoms with Crippen molar-refractivity contribution in [1.29, 1.82) is 0 Å². The normalized spacial score (nSPS) is 9.55. The molecule has 2 aromatic carbocycles. The molecule has 118 valence electrons. The van der Waals surface area contributed by atoms with Crippen LogP contribution >= 0.6 is 0 Å². The van der Waals surface area contributed by atoms with Crippen molar-refractivity contribution in [2.75, 3.05) is 12.8 Å². The first kappa shape index (κ1) is 17.8. The number of nitrogens with zero attached hydrogens (tertiary/aromatic N) is 1. The smallest absolute Gasteiger partial charge is 0.214 e. The van der Waals surface area contributed by atoms with Crippen LogP contribution in [0.3, 0.4) is 0 Å². The van der Waals surface area contributed by atoms with Crippen LogP contribution in [0.4, 0.5) is 5.69 Å². The molecule has 3 aromatic rings. The number of nitrogens with two attached hydrogens (primary N) is 1. The van der Waals surface area contributed by atoms with Crippen molar-refractivity contribution in [3.8, 4) is 5.75 Å². The minimum Gasteiger partial charge on any atom is -0.497 e. The molecule has 1 aromatic heterocycles. The molecule has 0 saturated carbocycles. The molecular formula is C19H27N2O+. The summed E-state index contributed by atoms with van der Waals surface area (Å²) in [6.45, 7) is 8.00. The van der Waals surface area contributed by atoms with E-state index in [0.717, 1.165) is 22.3 Å². The van der Waals surface area contributed by atoms with Crippen LogP contribution in [0.1, 0.15) is 27.7 Å². The summed E-state index contributed by atoms with van der Waals surface area (Å²) in [5.74, 6) is 0.872. The highest BCUT2D eigenvalue weighted by Crippen LogP contribution is 2.26. The molecular weight excluding hydrogens is 272 g/mol. The van der Waals surface area contributed by atoms with Gasteiger partial charge in [0, 0.05) is 17.1 Å². The first-order chi connectivity index (χ1) is 10.7. The van der Waals surface area contributed by atoms with E-state index in [1.165, 1.54) is 10.8 Å². The van der Waals surface area contributed by atoms with E-state index in [1.807, 2.05) is 59.0 Å². The lowest BCUT2D eigenvalue weighted by molar-refractivity contribution is -0.643. The Labute approximate surface area is 133 Å². The highest BCUT2D eigenvalue weighted by atomic mass is 16.5. The predicted octanol–water partition coefficient (Wildman–Crippen LogP) is 4.46. The van der Waals surface area contributed by atoms with Crippen molar-refractivity contribution in [3.05, 3.63) is 42.6 Å². The molecule has 0 aliphatic carbocycles. The van der Waals surface area contributed by atoms with Crippen molar-refractivity contribution in [2.45, 2.75) is 27.7 Å². The number of pyridine rings is 1. The molecule has 0 spiro atoms. The predicted molar refractivity (Wildman–Crippen MR) is 96.3 cm³/mol. The molecule has 3 rings (SSSR count). The van der Waals surface area contributed by atoms with Gasteiger partial charge in [-0.3, -0.25) is 0 Å². The fourth-order valence-electron chi connectivity index (χ4n) is 2.37. The van der Waals surface area contributed by atoms with Gasteiger partial charge in [-0.05, 0) is 30.3 Å². The molecule has 0 amide bonds. The second kappa shape index (κ2) is 8.23. The van der Waals surface area contributed by atoms with Gasteiger partial charge in [0.05, 0.1) is 17.9 Å². The van der Waals surface area contributed by atoms with Crippen LogP contribution in [0.15, 0.2) is 42.6 Å². The lowest BCUT2D eigenvalue weighted by Gasteiger charge is -2.05. The van der Waals surface area contributed by atoms with Crippen molar-refractivity contribution in [3.63, 3.8) is 0 Å². The fraction of sp³-hybridized carbons (Fsp3) is 0.316. The molecule has 22 heavy (non-hydrogen) atoms. The Morgan fingerprint density at radius 3 is 2.18 bits per heavy atom. The van der Waals surface area contributed by atoms with Gasteiger partial charge in [-0.25, -0.2) is 4.57 Å². The molecule has 3 heteroatoms. The molecule has 1 heterocycles. The number of fused-ring (bicyclic) bond motifs is 3. The van der Waals surface area contributed by atoms with Crippen LogP contribution in [-0.4, -0.2) is 7.11 Å². The zero-order chi connectivity index (χ0) is 16.7. The van der Waals surface area contributed by atoms with Crippen molar-refractivity contribution in [1.82, 2.24) is 0 Å². The highest BCUT2D eigenvalue weighted by molar-refractivity contribution is 6.04. The topological polar surface area (TPSA) is 39.1 Å². The third kappa shape index (κ3) is 3.48. The minimum absolute atomic E-state index is 0.783. The third-order valence-electron chi connectivity index (χ3n) is 3.28. The number of rotatable bonds is 1. The average Bonchev–Trinajstić information content (AvgIpc) is 2.58. The largest absolute Gasteiger partial charge is 0.497 e. The average molecular weight is 299 g/mol. The molecule has 0 aliphatic rings. The Balaban J connectivity index is 0.000000561. The van der Waals surface area contributed by atoms with E-state index in [1.54, 1.807) is 7.11 Å². The standard InChI is InChI=1S/C15H14N2O.2C2H6/c1-17-9-10-7-12(18-2)4-6-13(10)14-5-3-11(16)8-15(14)17;2*1-2/h3-9,16H,1-2H3;2*1-2H3/p+1. The number of aromatic nitrogens is 1. The Hall–Kier alpha value is -2.29. The Bertz CT molecular complexity index is 751. The quantitative estimate of drug-likeness (QED) is 0.409. The van der Waals surface area contributed by atoms with E-state index in [2.05, 4.69) is 22.9 Å². The highest BCUT2D eigenvalue weighted by Gasteiger charge is 2.11. The number of ether oxygens (including phenoxy) is 1. The van der Waals surface area contributed by atoms with Crippen molar-refractivity contribution in [2.24, 2.45) is 7.05 Å². The fourth-order valence-corrected chi connectivity index (χ4v) is 2.37. The van der Waals surface area contributed by atoms with Gasteiger partial charge in [0.25, 0.3) is 0 Å². The number of hydrogen-bond donors (Lipinski definition) is 1. The number of hydrogen-bond acceptors (Lipinski definition) is 2. The Kier molecular flexibility index (Phi) is 6.64. The van der Waals surface area contributed by atoms with Crippen LogP contribution in [0, 0.1) is 0 Å². The number of nitrogen functional groups attached to an aromatic ring is 1. The summed E-state index contributed by atoms with van der Waals surface area (Å²) in [5, 5.41) is 3.57. The number of anilines is 1. The molecule has 2 N–H and O–H groups in total. The molecule has 0 radical (unpaired) electrons. The van der Waals surface area contributed by atoms with Gasteiger partial charge in [0.2, 0.25) is 5.52 Å². The maximum Gasteiger partial charge on any atom is 0.214 e. The summed E-state index contributed by atoms with van der Waals surface area (Å²) in [6, 6.07) is 12.1.